The van der Waals surface area contributed by atoms with Gasteiger partial charge < -0.3 is 29.9 Å². The molecule has 4 aromatic rings. The van der Waals surface area contributed by atoms with Crippen LogP contribution in [0.2, 0.25) is 0 Å². The molecule has 1 unspecified atom stereocenters. The van der Waals surface area contributed by atoms with E-state index in [2.05, 4.69) is 48.0 Å². The van der Waals surface area contributed by atoms with Crippen molar-refractivity contribution in [3.8, 4) is 17.2 Å². The predicted molar refractivity (Wildman–Crippen MR) is 180 cm³/mol. The summed E-state index contributed by atoms with van der Waals surface area (Å²) in [5, 5.41) is 28.0. The van der Waals surface area contributed by atoms with Crippen LogP contribution in [0, 0.1) is 5.92 Å². The minimum atomic E-state index is -0.250. The summed E-state index contributed by atoms with van der Waals surface area (Å²) in [6.45, 7) is 9.91. The highest BCUT2D eigenvalue weighted by Crippen LogP contribution is 2.42. The van der Waals surface area contributed by atoms with E-state index in [1.165, 1.54) is 49.7 Å². The number of nitrogens with one attached hydrogen (secondary N) is 1. The number of anilines is 1. The first-order chi connectivity index (χ1) is 21.5. The van der Waals surface area contributed by atoms with Crippen LogP contribution in [-0.2, 0) is 11.2 Å². The molecule has 0 fully saturated rings. The number of H-pyrrole nitrogens is 1. The molecule has 1 aromatic heterocycles. The highest BCUT2D eigenvalue weighted by Gasteiger charge is 2.32. The number of aromatic amines is 1. The molecule has 7 heteroatoms. The van der Waals surface area contributed by atoms with Crippen molar-refractivity contribution in [3.05, 3.63) is 83.6 Å². The maximum atomic E-state index is 10.1. The molecule has 44 heavy (non-hydrogen) atoms. The Morgan fingerprint density at radius 3 is 2.18 bits per heavy atom. The van der Waals surface area contributed by atoms with E-state index in [4.69, 9.17) is 14.6 Å². The molecule has 3 aromatic carbocycles. The Kier molecular flexibility index (Phi) is 13.9. The molecule has 0 saturated heterocycles. The Labute approximate surface area is 262 Å². The summed E-state index contributed by atoms with van der Waals surface area (Å²) in [5.41, 5.74) is 5.68. The fourth-order valence-electron chi connectivity index (χ4n) is 6.27. The number of aromatic nitrogens is 1. The second-order valence-electron chi connectivity index (χ2n) is 11.1. The van der Waals surface area contributed by atoms with Crippen molar-refractivity contribution >= 4 is 23.1 Å². The normalized spacial score (nSPS) is 13.8. The average Bonchev–Trinajstić information content (AvgIpc) is 3.40. The zero-order valence-electron chi connectivity index (χ0n) is 26.8. The van der Waals surface area contributed by atoms with Crippen molar-refractivity contribution in [2.45, 2.75) is 85.1 Å². The van der Waals surface area contributed by atoms with Crippen molar-refractivity contribution in [1.29, 1.82) is 0 Å². The number of ether oxygens (including phenoxy) is 1. The quantitative estimate of drug-likeness (QED) is 0.0951. The number of nitrogens with zero attached hydrogens (tertiary/aromatic N) is 1. The Bertz CT molecular complexity index is 1390. The topological polar surface area (TPSA) is 106 Å². The predicted octanol–water partition coefficient (Wildman–Crippen LogP) is 9.22. The van der Waals surface area contributed by atoms with Gasteiger partial charge in [0.1, 0.15) is 17.2 Å². The van der Waals surface area contributed by atoms with Crippen LogP contribution in [0.3, 0.4) is 0 Å². The monoisotopic (exact) mass is 602 g/mol. The molecule has 1 atom stereocenters. The third-order valence-corrected chi connectivity index (χ3v) is 8.16. The van der Waals surface area contributed by atoms with Crippen LogP contribution in [0.5, 0.6) is 17.2 Å². The largest absolute Gasteiger partial charge is 0.508 e. The summed E-state index contributed by atoms with van der Waals surface area (Å²) < 4.78 is 6.13. The van der Waals surface area contributed by atoms with Crippen molar-refractivity contribution in [2.75, 3.05) is 18.1 Å². The smallest absolute Gasteiger partial charge is 0.290 e. The molecule has 0 spiro atoms. The van der Waals surface area contributed by atoms with E-state index in [-0.39, 0.29) is 24.0 Å². The lowest BCUT2D eigenvalue weighted by Gasteiger charge is -2.38. The first kappa shape index (κ1) is 34.4. The fraction of sp³-hybridized carbons (Fsp3) is 0.432. The summed E-state index contributed by atoms with van der Waals surface area (Å²) in [6, 6.07) is 21.5. The first-order valence-corrected chi connectivity index (χ1v) is 16.2. The van der Waals surface area contributed by atoms with Crippen LogP contribution >= 0.6 is 0 Å². The lowest BCUT2D eigenvalue weighted by Crippen LogP contribution is -2.36. The number of rotatable bonds is 12. The highest BCUT2D eigenvalue weighted by atomic mass is 16.5. The van der Waals surface area contributed by atoms with Crippen LogP contribution in [0.1, 0.15) is 95.5 Å². The van der Waals surface area contributed by atoms with E-state index >= 15 is 0 Å². The summed E-state index contributed by atoms with van der Waals surface area (Å²) in [7, 11) is 0. The van der Waals surface area contributed by atoms with Gasteiger partial charge in [-0.05, 0) is 90.9 Å². The molecular weight excluding hydrogens is 552 g/mol. The third-order valence-electron chi connectivity index (χ3n) is 8.16. The number of unbranched alkanes of at least 4 members (excludes halogenated alkanes) is 1. The molecule has 2 heterocycles. The maximum absolute atomic E-state index is 10.1. The van der Waals surface area contributed by atoms with E-state index in [0.717, 1.165) is 59.9 Å². The number of fused-ring (bicyclic) bond motifs is 3. The van der Waals surface area contributed by atoms with Crippen LogP contribution in [0.15, 0.2) is 66.7 Å². The molecule has 1 aliphatic rings. The Morgan fingerprint density at radius 2 is 1.55 bits per heavy atom. The molecule has 5 rings (SSSR count). The van der Waals surface area contributed by atoms with Gasteiger partial charge in [-0.3, -0.25) is 4.79 Å². The Hall–Kier alpha value is -4.13. The van der Waals surface area contributed by atoms with E-state index in [1.54, 1.807) is 18.2 Å². The summed E-state index contributed by atoms with van der Waals surface area (Å²) >= 11 is 0. The number of hydrogen-bond acceptors (Lipinski definition) is 5. The van der Waals surface area contributed by atoms with Gasteiger partial charge in [0.2, 0.25) is 0 Å². The second-order valence-corrected chi connectivity index (χ2v) is 11.1. The van der Waals surface area contributed by atoms with E-state index in [0.29, 0.717) is 0 Å². The second kappa shape index (κ2) is 17.9. The number of phenolic OH excluding ortho intramolecular Hbond substituents is 2. The van der Waals surface area contributed by atoms with Gasteiger partial charge in [-0.1, -0.05) is 71.9 Å². The molecule has 0 bridgehead atoms. The lowest BCUT2D eigenvalue weighted by molar-refractivity contribution is -0.122. The van der Waals surface area contributed by atoms with Gasteiger partial charge in [-0.2, -0.15) is 0 Å². The van der Waals surface area contributed by atoms with Gasteiger partial charge in [0, 0.05) is 28.8 Å². The standard InChI is InChI=1S/C34H42N2O3.C2H6.CH2O2/c1-3-7-24(8-4-2)9-5-6-22-39-29-17-10-25(11-18-29)34-33-30(31-23-28(38)16-19-32(31)35-33)20-21-36(34)26-12-14-27(37)15-13-26;1-2;2-1-3/h10-19,23-24,34-35,37-38H,3-9,20-22H2,1-2H3;1-2H3;1H,(H,2,3). The first-order valence-electron chi connectivity index (χ1n) is 16.2. The fourth-order valence-corrected chi connectivity index (χ4v) is 6.27. The van der Waals surface area contributed by atoms with Crippen molar-refractivity contribution in [2.24, 2.45) is 5.92 Å². The van der Waals surface area contributed by atoms with Gasteiger partial charge in [0.15, 0.2) is 0 Å². The SMILES string of the molecule is CC.CCCC(CCC)CCCCOc1ccc(C2c3[nH]c4ccc(O)cc4c3CCN2c2ccc(O)cc2)cc1.O=CO. The Morgan fingerprint density at radius 1 is 0.909 bits per heavy atom. The van der Waals surface area contributed by atoms with Crippen molar-refractivity contribution < 1.29 is 24.9 Å². The molecule has 0 amide bonds. The van der Waals surface area contributed by atoms with Gasteiger partial charge in [0.25, 0.3) is 6.47 Å². The molecule has 1 aliphatic heterocycles. The Balaban J connectivity index is 0.000000997. The zero-order valence-corrected chi connectivity index (χ0v) is 26.8. The van der Waals surface area contributed by atoms with Gasteiger partial charge in [-0.25, -0.2) is 0 Å². The zero-order chi connectivity index (χ0) is 31.9. The number of phenols is 2. The minimum absolute atomic E-state index is 0.0176. The molecule has 0 saturated carbocycles. The molecule has 0 aliphatic carbocycles. The molecule has 7 nitrogen and oxygen atoms in total. The van der Waals surface area contributed by atoms with Crippen LogP contribution in [-0.4, -0.2) is 39.9 Å². The van der Waals surface area contributed by atoms with E-state index in [1.807, 2.05) is 38.1 Å². The van der Waals surface area contributed by atoms with Crippen LogP contribution in [0.4, 0.5) is 5.69 Å². The van der Waals surface area contributed by atoms with Gasteiger partial charge in [-0.15, -0.1) is 0 Å². The van der Waals surface area contributed by atoms with E-state index in [9.17, 15) is 10.2 Å². The van der Waals surface area contributed by atoms with Gasteiger partial charge >= 0.3 is 0 Å². The average molecular weight is 603 g/mol. The van der Waals surface area contributed by atoms with Crippen molar-refractivity contribution in [3.63, 3.8) is 0 Å². The minimum Gasteiger partial charge on any atom is -0.508 e. The third kappa shape index (κ3) is 8.94. The molecule has 4 N–H and O–H groups in total. The number of carbonyl (C=O) groups is 1. The highest BCUT2D eigenvalue weighted by molar-refractivity contribution is 5.87. The summed E-state index contributed by atoms with van der Waals surface area (Å²) in [5.74, 6) is 2.33. The summed E-state index contributed by atoms with van der Waals surface area (Å²) in [6.07, 6.45) is 9.75. The van der Waals surface area contributed by atoms with Gasteiger partial charge in [0.05, 0.1) is 12.6 Å². The number of aromatic hydroxyl groups is 2. The lowest BCUT2D eigenvalue weighted by atomic mass is 9.91. The number of carboxylic acid groups (broad SMARTS) is 1. The van der Waals surface area contributed by atoms with E-state index < -0.39 is 0 Å². The molecule has 0 radical (unpaired) electrons. The molecular formula is C37H50N2O5. The van der Waals surface area contributed by atoms with Crippen molar-refractivity contribution in [1.82, 2.24) is 4.98 Å². The molecule has 238 valence electrons. The number of hydrogen-bond donors (Lipinski definition) is 4. The maximum Gasteiger partial charge on any atom is 0.290 e. The van der Waals surface area contributed by atoms with Crippen LogP contribution in [0.25, 0.3) is 10.9 Å². The number of benzene rings is 3. The van der Waals surface area contributed by atoms with Crippen LogP contribution < -0.4 is 9.64 Å². The summed E-state index contributed by atoms with van der Waals surface area (Å²) in [4.78, 5) is 14.4.